The summed E-state index contributed by atoms with van der Waals surface area (Å²) < 4.78 is 18.8. The number of ether oxygens (including phenoxy) is 1. The maximum Gasteiger partial charge on any atom is 0.123 e. The molecular formula is C17H27FN2O. The fourth-order valence-corrected chi connectivity index (χ4v) is 2.94. The molecule has 1 atom stereocenters. The zero-order valence-corrected chi connectivity index (χ0v) is 13.2. The van der Waals surface area contributed by atoms with E-state index in [0.29, 0.717) is 0 Å². The number of benzene rings is 1. The van der Waals surface area contributed by atoms with E-state index in [1.165, 1.54) is 12.1 Å². The Labute approximate surface area is 127 Å². The average Bonchev–Trinajstić information content (AvgIpc) is 2.95. The lowest BCUT2D eigenvalue weighted by atomic mass is 9.86. The molecule has 1 heterocycles. The summed E-state index contributed by atoms with van der Waals surface area (Å²) in [5.74, 6) is -0.182. The van der Waals surface area contributed by atoms with Crippen molar-refractivity contribution in [1.82, 2.24) is 5.32 Å². The van der Waals surface area contributed by atoms with E-state index in [2.05, 4.69) is 24.1 Å². The van der Waals surface area contributed by atoms with Gasteiger partial charge in [0.1, 0.15) is 5.82 Å². The van der Waals surface area contributed by atoms with Crippen LogP contribution >= 0.6 is 0 Å². The zero-order chi connectivity index (χ0) is 15.1. The van der Waals surface area contributed by atoms with E-state index in [0.717, 1.165) is 57.9 Å². The van der Waals surface area contributed by atoms with E-state index in [4.69, 9.17) is 4.74 Å². The summed E-state index contributed by atoms with van der Waals surface area (Å²) in [5, 5.41) is 3.54. The Bertz CT molecular complexity index is 415. The predicted molar refractivity (Wildman–Crippen MR) is 85.3 cm³/mol. The van der Waals surface area contributed by atoms with Gasteiger partial charge in [-0.3, -0.25) is 0 Å². The Balaban J connectivity index is 2.04. The van der Waals surface area contributed by atoms with E-state index in [1.54, 1.807) is 0 Å². The second kappa shape index (κ2) is 7.76. The van der Waals surface area contributed by atoms with Crippen molar-refractivity contribution >= 4 is 5.69 Å². The van der Waals surface area contributed by atoms with Gasteiger partial charge in [0, 0.05) is 37.3 Å². The molecule has 0 spiro atoms. The smallest absolute Gasteiger partial charge is 0.123 e. The maximum absolute atomic E-state index is 13.1. The van der Waals surface area contributed by atoms with Crippen LogP contribution in [-0.2, 0) is 4.74 Å². The van der Waals surface area contributed by atoms with Crippen molar-refractivity contribution in [3.63, 3.8) is 0 Å². The lowest BCUT2D eigenvalue weighted by molar-refractivity contribution is 0.152. The van der Waals surface area contributed by atoms with E-state index in [9.17, 15) is 4.39 Å². The van der Waals surface area contributed by atoms with Crippen molar-refractivity contribution in [3.8, 4) is 0 Å². The molecule has 2 rings (SSSR count). The minimum absolute atomic E-state index is 0.166. The highest BCUT2D eigenvalue weighted by Crippen LogP contribution is 2.31. The normalized spacial score (nSPS) is 21.7. The van der Waals surface area contributed by atoms with E-state index >= 15 is 0 Å². The number of hydrogen-bond acceptors (Lipinski definition) is 3. The highest BCUT2D eigenvalue weighted by Gasteiger charge is 2.36. The number of anilines is 1. The highest BCUT2D eigenvalue weighted by atomic mass is 19.1. The van der Waals surface area contributed by atoms with Crippen molar-refractivity contribution < 1.29 is 9.13 Å². The summed E-state index contributed by atoms with van der Waals surface area (Å²) in [6, 6.07) is 6.79. The first-order valence-electron chi connectivity index (χ1n) is 7.98. The summed E-state index contributed by atoms with van der Waals surface area (Å²) >= 11 is 0. The van der Waals surface area contributed by atoms with Crippen LogP contribution < -0.4 is 10.2 Å². The minimum atomic E-state index is -0.182. The average molecular weight is 294 g/mol. The molecule has 1 fully saturated rings. The van der Waals surface area contributed by atoms with Gasteiger partial charge in [0.05, 0.1) is 6.61 Å². The van der Waals surface area contributed by atoms with Crippen LogP contribution in [0.4, 0.5) is 10.1 Å². The van der Waals surface area contributed by atoms with Crippen molar-refractivity contribution in [2.75, 3.05) is 44.3 Å². The van der Waals surface area contributed by atoms with E-state index in [-0.39, 0.29) is 11.2 Å². The Kier molecular flexibility index (Phi) is 6.00. The molecule has 1 N–H and O–H groups in total. The molecule has 1 unspecified atom stereocenters. The van der Waals surface area contributed by atoms with Gasteiger partial charge in [-0.15, -0.1) is 0 Å². The number of hydrogen-bond donors (Lipinski definition) is 1. The standard InChI is InChI=1S/C17H27FN2O/c1-3-10-19-12-17(9-11-21-14-17)13-20(4-2)16-7-5-15(18)6-8-16/h5-8,19H,3-4,9-14H2,1-2H3. The second-order valence-corrected chi connectivity index (χ2v) is 5.97. The number of nitrogens with zero attached hydrogens (tertiary/aromatic N) is 1. The Morgan fingerprint density at radius 1 is 1.29 bits per heavy atom. The van der Waals surface area contributed by atoms with Crippen LogP contribution in [0.15, 0.2) is 24.3 Å². The Morgan fingerprint density at radius 3 is 2.62 bits per heavy atom. The summed E-state index contributed by atoms with van der Waals surface area (Å²) in [5.41, 5.74) is 1.25. The van der Waals surface area contributed by atoms with Crippen LogP contribution in [0, 0.1) is 11.2 Å². The van der Waals surface area contributed by atoms with Gasteiger partial charge in [-0.2, -0.15) is 0 Å². The zero-order valence-electron chi connectivity index (χ0n) is 13.2. The molecule has 1 aliphatic rings. The maximum atomic E-state index is 13.1. The molecule has 3 nitrogen and oxygen atoms in total. The van der Waals surface area contributed by atoms with E-state index < -0.39 is 0 Å². The molecule has 0 saturated carbocycles. The van der Waals surface area contributed by atoms with Crippen molar-refractivity contribution in [2.45, 2.75) is 26.7 Å². The highest BCUT2D eigenvalue weighted by molar-refractivity contribution is 5.46. The molecule has 1 aliphatic heterocycles. The first kappa shape index (κ1) is 16.2. The molecule has 1 aromatic carbocycles. The summed E-state index contributed by atoms with van der Waals surface area (Å²) in [6.45, 7) is 9.88. The SMILES string of the molecule is CCCNCC1(CN(CC)c2ccc(F)cc2)CCOC1. The Hall–Kier alpha value is -1.13. The quantitative estimate of drug-likeness (QED) is 0.746. The fraction of sp³-hybridized carbons (Fsp3) is 0.647. The summed E-state index contributed by atoms with van der Waals surface area (Å²) in [4.78, 5) is 2.32. The van der Waals surface area contributed by atoms with Gasteiger partial charge in [-0.1, -0.05) is 6.92 Å². The Morgan fingerprint density at radius 2 is 2.05 bits per heavy atom. The van der Waals surface area contributed by atoms with Crippen molar-refractivity contribution in [2.24, 2.45) is 5.41 Å². The lowest BCUT2D eigenvalue weighted by Crippen LogP contribution is -2.45. The fourth-order valence-electron chi connectivity index (χ4n) is 2.94. The van der Waals surface area contributed by atoms with Gasteiger partial charge >= 0.3 is 0 Å². The van der Waals surface area contributed by atoms with Gasteiger partial charge < -0.3 is 15.0 Å². The van der Waals surface area contributed by atoms with Crippen LogP contribution in [-0.4, -0.2) is 39.4 Å². The lowest BCUT2D eigenvalue weighted by Gasteiger charge is -2.35. The monoisotopic (exact) mass is 294 g/mol. The first-order valence-corrected chi connectivity index (χ1v) is 7.98. The third kappa shape index (κ3) is 4.42. The van der Waals surface area contributed by atoms with Gasteiger partial charge in [0.2, 0.25) is 0 Å². The predicted octanol–water partition coefficient (Wildman–Crippen LogP) is 3.06. The molecule has 21 heavy (non-hydrogen) atoms. The van der Waals surface area contributed by atoms with Gasteiger partial charge in [-0.05, 0) is 50.6 Å². The largest absolute Gasteiger partial charge is 0.381 e. The van der Waals surface area contributed by atoms with Crippen LogP contribution in [0.1, 0.15) is 26.7 Å². The van der Waals surface area contributed by atoms with Gasteiger partial charge in [0.25, 0.3) is 0 Å². The molecule has 1 aromatic rings. The van der Waals surface area contributed by atoms with Crippen molar-refractivity contribution in [1.29, 1.82) is 0 Å². The topological polar surface area (TPSA) is 24.5 Å². The molecule has 1 saturated heterocycles. The third-order valence-electron chi connectivity index (χ3n) is 4.21. The first-order chi connectivity index (χ1) is 10.2. The minimum Gasteiger partial charge on any atom is -0.381 e. The molecule has 118 valence electrons. The van der Waals surface area contributed by atoms with Crippen LogP contribution in [0.25, 0.3) is 0 Å². The van der Waals surface area contributed by atoms with Gasteiger partial charge in [-0.25, -0.2) is 4.39 Å². The third-order valence-corrected chi connectivity index (χ3v) is 4.21. The second-order valence-electron chi connectivity index (χ2n) is 5.97. The number of halogens is 1. The molecule has 0 aromatic heterocycles. The summed E-state index contributed by atoms with van der Waals surface area (Å²) in [7, 11) is 0. The number of rotatable bonds is 8. The molecule has 0 bridgehead atoms. The van der Waals surface area contributed by atoms with Crippen LogP contribution in [0.3, 0.4) is 0 Å². The van der Waals surface area contributed by atoms with Crippen LogP contribution in [0.2, 0.25) is 0 Å². The molecule has 4 heteroatoms. The van der Waals surface area contributed by atoms with E-state index in [1.807, 2.05) is 12.1 Å². The summed E-state index contributed by atoms with van der Waals surface area (Å²) in [6.07, 6.45) is 2.23. The molecular weight excluding hydrogens is 267 g/mol. The number of nitrogens with one attached hydrogen (secondary N) is 1. The van der Waals surface area contributed by atoms with Crippen molar-refractivity contribution in [3.05, 3.63) is 30.1 Å². The van der Waals surface area contributed by atoms with Gasteiger partial charge in [0.15, 0.2) is 0 Å². The molecule has 0 aliphatic carbocycles. The molecule has 0 radical (unpaired) electrons. The van der Waals surface area contributed by atoms with Crippen LogP contribution in [0.5, 0.6) is 0 Å². The molecule has 0 amide bonds.